The van der Waals surface area contributed by atoms with Crippen LogP contribution >= 0.6 is 11.6 Å². The smallest absolute Gasteiger partial charge is 0.334 e. The van der Waals surface area contributed by atoms with Gasteiger partial charge in [0.05, 0.1) is 10.6 Å². The van der Waals surface area contributed by atoms with E-state index in [9.17, 15) is 31.0 Å². The van der Waals surface area contributed by atoms with Gasteiger partial charge in [0.15, 0.2) is 5.75 Å². The van der Waals surface area contributed by atoms with Crippen molar-refractivity contribution in [2.45, 2.75) is 49.6 Å². The van der Waals surface area contributed by atoms with Gasteiger partial charge in [0.25, 0.3) is 20.2 Å². The Bertz CT molecular complexity index is 2060. The standard InChI is InChI=1S/C28H34ClN7O9S2Si/c1-5-44-48(4,45-6-2)13-7-12-30-27-32-26(29)33-28(34-27)31-22-16-19(46(38,39)40)15-18-9-11-21(25(37)24(18)22)36-35-20-10-8-17(3)14-23(20)47(41,42)43/h8-11,14-16,37H,5-7,12-13H2,1-4H3,(H,38,39,40)(H,41,42,43)(H2,30,31,32,33,34)/b36-35+. The molecule has 0 aliphatic rings. The van der Waals surface area contributed by atoms with Crippen LogP contribution in [-0.2, 0) is 29.1 Å². The number of fused-ring (bicyclic) bond motifs is 1. The second kappa shape index (κ2) is 15.2. The highest BCUT2D eigenvalue weighted by molar-refractivity contribution is 7.86. The van der Waals surface area contributed by atoms with Gasteiger partial charge in [-0.3, -0.25) is 9.11 Å². The summed E-state index contributed by atoms with van der Waals surface area (Å²) < 4.78 is 79.2. The Hall–Kier alpha value is -3.82. The van der Waals surface area contributed by atoms with Crippen LogP contribution in [0.4, 0.5) is 29.0 Å². The Labute approximate surface area is 283 Å². The molecule has 48 heavy (non-hydrogen) atoms. The van der Waals surface area contributed by atoms with Crippen molar-refractivity contribution in [2.75, 3.05) is 30.4 Å². The van der Waals surface area contributed by atoms with Gasteiger partial charge in [-0.2, -0.15) is 31.8 Å². The zero-order valence-corrected chi connectivity index (χ0v) is 29.7. The molecule has 16 nitrogen and oxygen atoms in total. The molecular weight excluding hydrogens is 706 g/mol. The lowest BCUT2D eigenvalue weighted by molar-refractivity contribution is 0.188. The highest BCUT2D eigenvalue weighted by Crippen LogP contribution is 2.42. The second-order valence-corrected chi connectivity index (χ2v) is 17.0. The van der Waals surface area contributed by atoms with E-state index in [0.717, 1.165) is 12.1 Å². The molecule has 0 spiro atoms. The molecule has 0 saturated heterocycles. The van der Waals surface area contributed by atoms with Gasteiger partial charge in [-0.15, -0.1) is 10.2 Å². The lowest BCUT2D eigenvalue weighted by Gasteiger charge is -2.25. The van der Waals surface area contributed by atoms with Gasteiger partial charge in [0.2, 0.25) is 17.2 Å². The number of benzene rings is 3. The molecule has 0 aliphatic carbocycles. The number of nitrogens with one attached hydrogen (secondary N) is 2. The average molecular weight is 740 g/mol. The average Bonchev–Trinajstić information content (AvgIpc) is 2.98. The minimum absolute atomic E-state index is 0.0277. The summed E-state index contributed by atoms with van der Waals surface area (Å²) in [5, 5.41) is 25.0. The van der Waals surface area contributed by atoms with Crippen molar-refractivity contribution < 1.29 is 39.9 Å². The van der Waals surface area contributed by atoms with Crippen molar-refractivity contribution in [1.82, 2.24) is 15.0 Å². The number of phenols is 1. The highest BCUT2D eigenvalue weighted by Gasteiger charge is 2.30. The Balaban J connectivity index is 1.69. The summed E-state index contributed by atoms with van der Waals surface area (Å²) in [7, 11) is -11.7. The fraction of sp³-hybridized carbons (Fsp3) is 0.321. The molecule has 0 atom stereocenters. The van der Waals surface area contributed by atoms with E-state index in [2.05, 4.69) is 35.8 Å². The molecule has 1 heterocycles. The predicted octanol–water partition coefficient (Wildman–Crippen LogP) is 6.29. The highest BCUT2D eigenvalue weighted by atomic mass is 35.5. The number of phenolic OH excluding ortho intramolecular Hbond substituents is 1. The van der Waals surface area contributed by atoms with Crippen LogP contribution in [-0.4, -0.2) is 74.3 Å². The van der Waals surface area contributed by atoms with Crippen LogP contribution in [0.2, 0.25) is 17.9 Å². The fourth-order valence-electron chi connectivity index (χ4n) is 4.77. The Morgan fingerprint density at radius 1 is 0.896 bits per heavy atom. The van der Waals surface area contributed by atoms with E-state index in [0.29, 0.717) is 37.8 Å². The third-order valence-corrected chi connectivity index (χ3v) is 11.8. The molecule has 0 aliphatic heterocycles. The molecule has 5 N–H and O–H groups in total. The van der Waals surface area contributed by atoms with E-state index in [1.165, 1.54) is 24.3 Å². The van der Waals surface area contributed by atoms with Crippen molar-refractivity contribution in [2.24, 2.45) is 10.2 Å². The van der Waals surface area contributed by atoms with Gasteiger partial charge in [-0.05, 0) is 92.7 Å². The summed E-state index contributed by atoms with van der Waals surface area (Å²) >= 11 is 6.17. The number of rotatable bonds is 15. The first-order valence-electron chi connectivity index (χ1n) is 14.5. The molecule has 1 aromatic heterocycles. The molecule has 3 aromatic carbocycles. The normalized spacial score (nSPS) is 12.6. The first-order valence-corrected chi connectivity index (χ1v) is 20.3. The van der Waals surface area contributed by atoms with Gasteiger partial charge < -0.3 is 24.6 Å². The lowest BCUT2D eigenvalue weighted by Crippen LogP contribution is -2.39. The number of aryl methyl sites for hydroxylation is 1. The van der Waals surface area contributed by atoms with Crippen molar-refractivity contribution in [3.63, 3.8) is 0 Å². The van der Waals surface area contributed by atoms with Crippen LogP contribution in [0.25, 0.3) is 10.8 Å². The number of anilines is 3. The molecule has 4 aromatic rings. The molecule has 0 unspecified atom stereocenters. The number of aromatic nitrogens is 3. The van der Waals surface area contributed by atoms with Crippen LogP contribution in [0.15, 0.2) is 62.5 Å². The summed E-state index contributed by atoms with van der Waals surface area (Å²) in [5.41, 5.74) is 0.153. The number of nitrogens with zero attached hydrogens (tertiary/aromatic N) is 5. The first-order chi connectivity index (χ1) is 22.5. The largest absolute Gasteiger partial charge is 0.505 e. The molecule has 20 heteroatoms. The Morgan fingerprint density at radius 2 is 1.54 bits per heavy atom. The van der Waals surface area contributed by atoms with Crippen LogP contribution in [0.3, 0.4) is 0 Å². The summed E-state index contributed by atoms with van der Waals surface area (Å²) in [6.07, 6.45) is 0.676. The SMILES string of the molecule is CCO[Si](C)(CCCNc1nc(Cl)nc(Nc2cc(S(=O)(=O)O)cc3ccc(/N=N/c4ccc(C)cc4S(=O)(=O)O)c(O)c23)n1)OCC. The van der Waals surface area contributed by atoms with E-state index in [1.807, 2.05) is 20.4 Å². The first kappa shape index (κ1) is 37.0. The number of hydrogen-bond acceptors (Lipinski definition) is 14. The van der Waals surface area contributed by atoms with E-state index in [4.69, 9.17) is 20.5 Å². The third kappa shape index (κ3) is 9.41. The second-order valence-electron chi connectivity index (χ2n) is 10.5. The Kier molecular flexibility index (Phi) is 11.7. The van der Waals surface area contributed by atoms with Crippen molar-refractivity contribution in [1.29, 1.82) is 0 Å². The fourth-order valence-corrected chi connectivity index (χ4v) is 8.59. The molecule has 0 fully saturated rings. The van der Waals surface area contributed by atoms with Gasteiger partial charge in [0, 0.05) is 25.1 Å². The van der Waals surface area contributed by atoms with Crippen LogP contribution in [0, 0.1) is 6.92 Å². The predicted molar refractivity (Wildman–Crippen MR) is 182 cm³/mol. The van der Waals surface area contributed by atoms with Crippen molar-refractivity contribution in [3.05, 3.63) is 53.3 Å². The lowest BCUT2D eigenvalue weighted by atomic mass is 10.1. The zero-order chi connectivity index (χ0) is 35.3. The maximum absolute atomic E-state index is 12.1. The summed E-state index contributed by atoms with van der Waals surface area (Å²) in [6.45, 7) is 8.98. The number of hydrogen-bond donors (Lipinski definition) is 5. The monoisotopic (exact) mass is 739 g/mol. The van der Waals surface area contributed by atoms with E-state index < -0.39 is 44.3 Å². The molecule has 0 radical (unpaired) electrons. The van der Waals surface area contributed by atoms with E-state index >= 15 is 0 Å². The van der Waals surface area contributed by atoms with Crippen LogP contribution in [0.5, 0.6) is 5.75 Å². The zero-order valence-electron chi connectivity index (χ0n) is 26.3. The summed E-state index contributed by atoms with van der Waals surface area (Å²) in [4.78, 5) is 11.5. The quantitative estimate of drug-likeness (QED) is 0.0390. The Morgan fingerprint density at radius 3 is 2.19 bits per heavy atom. The van der Waals surface area contributed by atoms with Crippen LogP contribution < -0.4 is 10.6 Å². The molecular formula is C28H34ClN7O9S2Si. The molecule has 0 saturated carbocycles. The maximum Gasteiger partial charge on any atom is 0.334 e. The minimum Gasteiger partial charge on any atom is -0.505 e. The molecule has 0 bridgehead atoms. The van der Waals surface area contributed by atoms with Crippen molar-refractivity contribution >= 4 is 80.1 Å². The molecule has 4 rings (SSSR count). The van der Waals surface area contributed by atoms with E-state index in [1.54, 1.807) is 13.0 Å². The summed E-state index contributed by atoms with van der Waals surface area (Å²) in [6, 6.07) is 9.69. The third-order valence-electron chi connectivity index (χ3n) is 6.84. The number of azo groups is 1. The molecule has 258 valence electrons. The molecule has 0 amide bonds. The minimum atomic E-state index is -4.71. The van der Waals surface area contributed by atoms with Crippen LogP contribution in [0.1, 0.15) is 25.8 Å². The summed E-state index contributed by atoms with van der Waals surface area (Å²) in [5.74, 6) is -0.510. The van der Waals surface area contributed by atoms with Gasteiger partial charge in [-0.25, -0.2) is 0 Å². The topological polar surface area (TPSA) is 235 Å². The van der Waals surface area contributed by atoms with Gasteiger partial charge >= 0.3 is 8.56 Å². The van der Waals surface area contributed by atoms with E-state index in [-0.39, 0.29) is 45.0 Å². The number of aromatic hydroxyl groups is 1. The van der Waals surface area contributed by atoms with Crippen molar-refractivity contribution in [3.8, 4) is 5.75 Å². The number of halogens is 1. The van der Waals surface area contributed by atoms with Gasteiger partial charge in [-0.1, -0.05) is 12.1 Å². The van der Waals surface area contributed by atoms with Gasteiger partial charge in [0.1, 0.15) is 16.3 Å². The maximum atomic E-state index is 12.1.